The van der Waals surface area contributed by atoms with Crippen molar-refractivity contribution in [3.8, 4) is 16.8 Å². The molecule has 4 aromatic rings. The number of aromatic nitrogens is 4. The minimum atomic E-state index is -1.22. The lowest BCUT2D eigenvalue weighted by atomic mass is 10.1. The summed E-state index contributed by atoms with van der Waals surface area (Å²) in [4.78, 5) is 41.2. The molecule has 0 fully saturated rings. The van der Waals surface area contributed by atoms with Crippen LogP contribution in [0.25, 0.3) is 27.7 Å². The van der Waals surface area contributed by atoms with Gasteiger partial charge in [-0.15, -0.1) is 0 Å². The Balaban J connectivity index is 1.95. The van der Waals surface area contributed by atoms with Crippen LogP contribution in [0.3, 0.4) is 0 Å². The van der Waals surface area contributed by atoms with Crippen molar-refractivity contribution in [1.82, 2.24) is 19.1 Å². The first-order chi connectivity index (χ1) is 14.2. The zero-order chi connectivity index (χ0) is 21.7. The fourth-order valence-electron chi connectivity index (χ4n) is 3.66. The number of rotatable bonds is 4. The van der Waals surface area contributed by atoms with E-state index < -0.39 is 5.97 Å². The van der Waals surface area contributed by atoms with Crippen LogP contribution in [0.15, 0.2) is 49.0 Å². The molecule has 9 nitrogen and oxygen atoms in total. The van der Waals surface area contributed by atoms with Crippen LogP contribution in [-0.4, -0.2) is 30.2 Å². The molecule has 0 saturated carbocycles. The number of benzene rings is 1. The first-order valence-electron chi connectivity index (χ1n) is 9.07. The topological polar surface area (TPSA) is 112 Å². The van der Waals surface area contributed by atoms with E-state index in [9.17, 15) is 19.5 Å². The highest BCUT2D eigenvalue weighted by Gasteiger charge is 2.22. The van der Waals surface area contributed by atoms with Crippen LogP contribution in [0.5, 0.6) is 0 Å². The van der Waals surface area contributed by atoms with E-state index in [-0.39, 0.29) is 32.3 Å². The highest BCUT2D eigenvalue weighted by Crippen LogP contribution is 2.24. The van der Waals surface area contributed by atoms with E-state index in [2.05, 4.69) is 20.9 Å². The summed E-state index contributed by atoms with van der Waals surface area (Å²) < 4.78 is 9.76. The van der Waals surface area contributed by atoms with Gasteiger partial charge in [0.1, 0.15) is 15.9 Å². The number of carboxylic acids is 1. The summed E-state index contributed by atoms with van der Waals surface area (Å²) in [5.41, 5.74) is 1.09. The number of nitrogens with zero attached hydrogens (tertiary/aromatic N) is 4. The first-order valence-corrected chi connectivity index (χ1v) is 9.87. The van der Waals surface area contributed by atoms with E-state index in [1.165, 1.54) is 10.7 Å². The molecule has 0 aliphatic rings. The molecule has 0 aliphatic heterocycles. The molecule has 3 aromatic heterocycles. The summed E-state index contributed by atoms with van der Waals surface area (Å²) >= 11 is 3.18. The molecule has 0 radical (unpaired) electrons. The Morgan fingerprint density at radius 1 is 1.20 bits per heavy atom. The molecule has 3 heterocycles. The van der Waals surface area contributed by atoms with Crippen molar-refractivity contribution in [3.05, 3.63) is 67.1 Å². The Labute approximate surface area is 177 Å². The quantitative estimate of drug-likeness (QED) is 0.457. The minimum absolute atomic E-state index is 0.203. The summed E-state index contributed by atoms with van der Waals surface area (Å²) in [6.07, 6.45) is 0. The van der Waals surface area contributed by atoms with Gasteiger partial charge >= 0.3 is 5.97 Å². The van der Waals surface area contributed by atoms with Crippen molar-refractivity contribution in [2.45, 2.75) is 20.4 Å². The third kappa shape index (κ3) is 2.91. The van der Waals surface area contributed by atoms with Gasteiger partial charge in [-0.2, -0.15) is 4.74 Å². The van der Waals surface area contributed by atoms with Gasteiger partial charge in [0.2, 0.25) is 0 Å². The molecule has 0 unspecified atom stereocenters. The first kappa shape index (κ1) is 19.9. The summed E-state index contributed by atoms with van der Waals surface area (Å²) in [6, 6.07) is 8.38. The predicted octanol–water partition coefficient (Wildman–Crippen LogP) is 2.93. The molecule has 0 atom stereocenters. The van der Waals surface area contributed by atoms with Crippen molar-refractivity contribution in [2.24, 2.45) is 7.05 Å². The molecule has 4 rings (SSSR count). The van der Waals surface area contributed by atoms with E-state index in [0.717, 1.165) is 4.74 Å². The second-order valence-electron chi connectivity index (χ2n) is 6.70. The van der Waals surface area contributed by atoms with Crippen molar-refractivity contribution in [3.63, 3.8) is 0 Å². The zero-order valence-corrected chi connectivity index (χ0v) is 17.9. The Morgan fingerprint density at radius 3 is 2.40 bits per heavy atom. The minimum Gasteiger partial charge on any atom is -0.476 e. The molecular formula is C20H17BrN4O5. The second kappa shape index (κ2) is 7.13. The number of carbonyl (C=O) groups is 1. The average molecular weight is 473 g/mol. The fourth-order valence-corrected chi connectivity index (χ4v) is 4.06. The van der Waals surface area contributed by atoms with Gasteiger partial charge in [-0.05, 0) is 53.5 Å². The standard InChI is InChI=1S/C20H17BrN4O5/c1-4-24-17-13(9-14(21)22-16(17)20(28)29)18(26)25(24)12-7-5-11(6-8-12)15-10(2)30-23(3)19(15)27/h5-9H,4H2,1-3H3,(H,28,29). The van der Waals surface area contributed by atoms with Gasteiger partial charge in [0.05, 0.1) is 16.6 Å². The summed E-state index contributed by atoms with van der Waals surface area (Å²) in [5, 5.41) is 9.82. The Hall–Kier alpha value is -3.40. The van der Waals surface area contributed by atoms with Crippen molar-refractivity contribution >= 4 is 32.8 Å². The number of carboxylic acid groups (broad SMARTS) is 1. The van der Waals surface area contributed by atoms with Crippen molar-refractivity contribution < 1.29 is 14.4 Å². The molecule has 0 saturated heterocycles. The van der Waals surface area contributed by atoms with Gasteiger partial charge < -0.3 is 9.63 Å². The zero-order valence-electron chi connectivity index (χ0n) is 16.3. The number of pyridine rings is 1. The number of aromatic carboxylic acids is 1. The number of aryl methyl sites for hydroxylation is 3. The lowest BCUT2D eigenvalue weighted by Gasteiger charge is -2.12. The van der Waals surface area contributed by atoms with Crippen LogP contribution in [0.2, 0.25) is 0 Å². The molecule has 1 aromatic carbocycles. The lowest BCUT2D eigenvalue weighted by molar-refractivity contribution is 0.0692. The maximum Gasteiger partial charge on any atom is 0.356 e. The number of halogens is 1. The van der Waals surface area contributed by atoms with Gasteiger partial charge in [-0.3, -0.25) is 14.3 Å². The van der Waals surface area contributed by atoms with Crippen LogP contribution in [0.1, 0.15) is 23.2 Å². The van der Waals surface area contributed by atoms with E-state index in [0.29, 0.717) is 29.1 Å². The Bertz CT molecular complexity index is 1420. The SMILES string of the molecule is CCn1c2c(C(=O)O)nc(Br)cc2c(=O)n1-c1ccc(-c2c(C)on(C)c2=O)cc1. The van der Waals surface area contributed by atoms with Crippen LogP contribution < -0.4 is 11.1 Å². The molecule has 0 aliphatic carbocycles. The van der Waals surface area contributed by atoms with Gasteiger partial charge in [-0.1, -0.05) is 12.1 Å². The molecular weight excluding hydrogens is 456 g/mol. The summed E-state index contributed by atoms with van der Waals surface area (Å²) in [7, 11) is 1.54. The molecule has 154 valence electrons. The highest BCUT2D eigenvalue weighted by molar-refractivity contribution is 9.10. The fraction of sp³-hybridized carbons (Fsp3) is 0.200. The summed E-state index contributed by atoms with van der Waals surface area (Å²) in [6.45, 7) is 3.88. The molecule has 10 heteroatoms. The molecule has 0 amide bonds. The smallest absolute Gasteiger partial charge is 0.356 e. The predicted molar refractivity (Wildman–Crippen MR) is 113 cm³/mol. The van der Waals surface area contributed by atoms with Crippen LogP contribution >= 0.6 is 15.9 Å². The maximum atomic E-state index is 13.1. The van der Waals surface area contributed by atoms with E-state index >= 15 is 0 Å². The second-order valence-corrected chi connectivity index (χ2v) is 7.51. The molecule has 0 bridgehead atoms. The normalized spacial score (nSPS) is 11.3. The Morgan fingerprint density at radius 2 is 1.87 bits per heavy atom. The van der Waals surface area contributed by atoms with Gasteiger partial charge in [-0.25, -0.2) is 14.5 Å². The van der Waals surface area contributed by atoms with Crippen molar-refractivity contribution in [1.29, 1.82) is 0 Å². The summed E-state index contributed by atoms with van der Waals surface area (Å²) in [5.74, 6) is -0.723. The van der Waals surface area contributed by atoms with Gasteiger partial charge in [0.15, 0.2) is 5.69 Å². The molecule has 30 heavy (non-hydrogen) atoms. The maximum absolute atomic E-state index is 13.1. The highest BCUT2D eigenvalue weighted by atomic mass is 79.9. The van der Waals surface area contributed by atoms with Crippen molar-refractivity contribution in [2.75, 3.05) is 0 Å². The number of hydrogen-bond donors (Lipinski definition) is 1. The Kier molecular flexibility index (Phi) is 4.73. The van der Waals surface area contributed by atoms with Gasteiger partial charge in [0, 0.05) is 13.6 Å². The third-order valence-corrected chi connectivity index (χ3v) is 5.32. The van der Waals surface area contributed by atoms with E-state index in [1.54, 1.807) is 42.9 Å². The van der Waals surface area contributed by atoms with Crippen LogP contribution in [0.4, 0.5) is 0 Å². The molecule has 1 N–H and O–H groups in total. The molecule has 0 spiro atoms. The third-order valence-electron chi connectivity index (χ3n) is 4.91. The number of fused-ring (bicyclic) bond motifs is 1. The lowest BCUT2D eigenvalue weighted by Crippen LogP contribution is -2.21. The number of hydrogen-bond acceptors (Lipinski definition) is 5. The van der Waals surface area contributed by atoms with E-state index in [4.69, 9.17) is 4.52 Å². The van der Waals surface area contributed by atoms with E-state index in [1.807, 2.05) is 6.92 Å². The largest absolute Gasteiger partial charge is 0.476 e. The van der Waals surface area contributed by atoms with Crippen LogP contribution in [-0.2, 0) is 13.6 Å². The van der Waals surface area contributed by atoms with Crippen LogP contribution in [0, 0.1) is 6.92 Å². The monoisotopic (exact) mass is 472 g/mol. The average Bonchev–Trinajstić information content (AvgIpc) is 3.13. The van der Waals surface area contributed by atoms with Gasteiger partial charge in [0.25, 0.3) is 11.1 Å².